The van der Waals surface area contributed by atoms with Gasteiger partial charge in [0.15, 0.2) is 0 Å². The van der Waals surface area contributed by atoms with Crippen molar-refractivity contribution < 1.29 is 32.7 Å². The summed E-state index contributed by atoms with van der Waals surface area (Å²) in [6, 6.07) is 16.2. The van der Waals surface area contributed by atoms with Gasteiger partial charge in [-0.1, -0.05) is 103 Å². The molecule has 0 nitrogen and oxygen atoms in total. The minimum absolute atomic E-state index is 0. The van der Waals surface area contributed by atoms with Crippen molar-refractivity contribution in [3.8, 4) is 0 Å². The summed E-state index contributed by atoms with van der Waals surface area (Å²) in [5, 5.41) is 0. The zero-order chi connectivity index (χ0) is 23.7. The van der Waals surface area contributed by atoms with Gasteiger partial charge in [-0.25, -0.2) is 18.1 Å². The maximum atomic E-state index is 2.43. The van der Waals surface area contributed by atoms with Crippen molar-refractivity contribution in [2.45, 2.75) is 74.7 Å². The van der Waals surface area contributed by atoms with Crippen LogP contribution in [0.2, 0.25) is 0 Å². The van der Waals surface area contributed by atoms with Gasteiger partial charge in [-0.15, -0.1) is 13.0 Å². The third kappa shape index (κ3) is 9.55. The molecule has 0 N–H and O–H groups in total. The van der Waals surface area contributed by atoms with Crippen LogP contribution in [0.5, 0.6) is 0 Å². The van der Waals surface area contributed by atoms with E-state index in [2.05, 4.69) is 94.8 Å². The first-order valence-electron chi connectivity index (χ1n) is 12.7. The van der Waals surface area contributed by atoms with Gasteiger partial charge in [0.2, 0.25) is 0 Å². The Morgan fingerprint density at radius 2 is 1.34 bits per heavy atom. The van der Waals surface area contributed by atoms with Crippen LogP contribution in [0.4, 0.5) is 0 Å². The van der Waals surface area contributed by atoms with E-state index in [-0.39, 0.29) is 47.6 Å². The molecule has 2 aliphatic rings. The zero-order valence-electron chi connectivity index (χ0n) is 24.2. The Balaban J connectivity index is 0. The molecule has 0 aromatic heterocycles. The van der Waals surface area contributed by atoms with Gasteiger partial charge < -0.3 is 14.9 Å². The van der Waals surface area contributed by atoms with Crippen molar-refractivity contribution in [2.75, 3.05) is 0 Å². The Morgan fingerprint density at radius 1 is 0.771 bits per heavy atom. The SMILES string of the molecule is CC.CC.C[CH-]C1=CC=C(c2ccc(C3=Cc4ccc(CC(C)C(C)C)cc4C3)cc2)C1.[CH3-].[CH3-].[Y+3]. The number of benzene rings is 2. The average molecular weight is 547 g/mol. The van der Waals surface area contributed by atoms with E-state index in [1.807, 2.05) is 27.7 Å². The summed E-state index contributed by atoms with van der Waals surface area (Å²) in [6.45, 7) is 17.1. The largest absolute Gasteiger partial charge is 3.00 e. The molecule has 1 heteroatoms. The second-order valence-electron chi connectivity index (χ2n) is 8.78. The third-order valence-corrected chi connectivity index (χ3v) is 6.50. The molecule has 0 radical (unpaired) electrons. The van der Waals surface area contributed by atoms with Crippen LogP contribution in [0.25, 0.3) is 17.2 Å². The van der Waals surface area contributed by atoms with E-state index in [9.17, 15) is 0 Å². The van der Waals surface area contributed by atoms with E-state index in [0.29, 0.717) is 0 Å². The summed E-state index contributed by atoms with van der Waals surface area (Å²) in [6.07, 6.45) is 12.4. The Bertz CT molecular complexity index is 955. The minimum atomic E-state index is 0. The molecular formula is C34H49Y. The van der Waals surface area contributed by atoms with Crippen molar-refractivity contribution in [3.63, 3.8) is 0 Å². The average Bonchev–Trinajstić information content (AvgIpc) is 3.48. The molecule has 0 saturated heterocycles. The predicted octanol–water partition coefficient (Wildman–Crippen LogP) is 10.5. The number of allylic oxidation sites excluding steroid dienone is 5. The van der Waals surface area contributed by atoms with E-state index < -0.39 is 0 Å². The topological polar surface area (TPSA) is 0 Å². The van der Waals surface area contributed by atoms with Crippen LogP contribution in [0.1, 0.15) is 89.6 Å². The molecule has 188 valence electrons. The summed E-state index contributed by atoms with van der Waals surface area (Å²) in [4.78, 5) is 0. The summed E-state index contributed by atoms with van der Waals surface area (Å²) < 4.78 is 0. The minimum Gasteiger partial charge on any atom is -0.358 e. The maximum Gasteiger partial charge on any atom is 3.00 e. The van der Waals surface area contributed by atoms with E-state index in [0.717, 1.165) is 24.7 Å². The Hall–Kier alpha value is -1.37. The van der Waals surface area contributed by atoms with E-state index >= 15 is 0 Å². The molecule has 2 aromatic carbocycles. The molecule has 0 aliphatic heterocycles. The van der Waals surface area contributed by atoms with Crippen LogP contribution in [0.3, 0.4) is 0 Å². The number of hydrogen-bond donors (Lipinski definition) is 0. The van der Waals surface area contributed by atoms with Crippen molar-refractivity contribution in [1.29, 1.82) is 0 Å². The summed E-state index contributed by atoms with van der Waals surface area (Å²) in [7, 11) is 0. The van der Waals surface area contributed by atoms with E-state index in [1.165, 1.54) is 51.0 Å². The van der Waals surface area contributed by atoms with Crippen LogP contribution in [0.15, 0.2) is 60.2 Å². The number of fused-ring (bicyclic) bond motifs is 1. The summed E-state index contributed by atoms with van der Waals surface area (Å²) >= 11 is 0. The second kappa shape index (κ2) is 18.0. The summed E-state index contributed by atoms with van der Waals surface area (Å²) in [5.41, 5.74) is 11.3. The van der Waals surface area contributed by atoms with Gasteiger partial charge in [-0.2, -0.15) is 0 Å². The van der Waals surface area contributed by atoms with Gasteiger partial charge in [0, 0.05) is 0 Å². The maximum absolute atomic E-state index is 2.43. The molecule has 35 heavy (non-hydrogen) atoms. The molecule has 0 spiro atoms. The van der Waals surface area contributed by atoms with E-state index in [4.69, 9.17) is 0 Å². The summed E-state index contributed by atoms with van der Waals surface area (Å²) in [5.74, 6) is 1.46. The van der Waals surface area contributed by atoms with Gasteiger partial charge in [-0.05, 0) is 64.5 Å². The van der Waals surface area contributed by atoms with Crippen molar-refractivity contribution in [1.82, 2.24) is 0 Å². The molecule has 0 heterocycles. The molecule has 2 aliphatic carbocycles. The van der Waals surface area contributed by atoms with Gasteiger partial charge in [0.1, 0.15) is 0 Å². The Kier molecular flexibility index (Phi) is 18.4. The standard InChI is InChI=1S/C28H31.2C2H6.2CH3.Y/c1-5-21-6-8-25(15-21)23-10-12-24(13-11-23)28-17-26-9-7-22(16-27(26)18-28)14-20(4)19(2)3;2*1-2;;;/h5-13,16-17,19-20H,14-15,18H2,1-4H3;2*1-2H3;2*1H3;/q-1;;;2*-1;+3. The van der Waals surface area contributed by atoms with Gasteiger partial charge in [0.05, 0.1) is 0 Å². The predicted molar refractivity (Wildman–Crippen MR) is 158 cm³/mol. The third-order valence-electron chi connectivity index (χ3n) is 6.50. The monoisotopic (exact) mass is 546 g/mol. The van der Waals surface area contributed by atoms with Crippen molar-refractivity contribution >= 4 is 17.2 Å². The molecular weight excluding hydrogens is 497 g/mol. The van der Waals surface area contributed by atoms with Crippen molar-refractivity contribution in [3.05, 3.63) is 109 Å². The molecule has 0 fully saturated rings. The smallest absolute Gasteiger partial charge is 0.358 e. The Morgan fingerprint density at radius 3 is 1.86 bits per heavy atom. The number of rotatable bonds is 6. The second-order valence-corrected chi connectivity index (χ2v) is 8.78. The first-order chi connectivity index (χ1) is 15.5. The fraction of sp³-hybridized carbons (Fsp3) is 0.382. The van der Waals surface area contributed by atoms with Gasteiger partial charge in [-0.3, -0.25) is 0 Å². The zero-order valence-corrected chi connectivity index (χ0v) is 27.0. The molecule has 1 unspecified atom stereocenters. The number of hydrogen-bond acceptors (Lipinski definition) is 0. The first-order valence-corrected chi connectivity index (χ1v) is 12.7. The quantitative estimate of drug-likeness (QED) is 0.316. The van der Waals surface area contributed by atoms with Crippen LogP contribution in [-0.4, -0.2) is 0 Å². The van der Waals surface area contributed by atoms with Gasteiger partial charge in [0.25, 0.3) is 0 Å². The molecule has 4 rings (SSSR count). The molecule has 0 saturated carbocycles. The van der Waals surface area contributed by atoms with Crippen LogP contribution in [-0.2, 0) is 45.6 Å². The van der Waals surface area contributed by atoms with Crippen LogP contribution >= 0.6 is 0 Å². The van der Waals surface area contributed by atoms with Gasteiger partial charge >= 0.3 is 32.7 Å². The molecule has 0 bridgehead atoms. The van der Waals surface area contributed by atoms with Crippen molar-refractivity contribution in [2.24, 2.45) is 11.8 Å². The fourth-order valence-corrected chi connectivity index (χ4v) is 4.16. The molecule has 0 amide bonds. The molecule has 2 aromatic rings. The van der Waals surface area contributed by atoms with Crippen LogP contribution in [0, 0.1) is 33.1 Å². The van der Waals surface area contributed by atoms with Crippen LogP contribution < -0.4 is 0 Å². The van der Waals surface area contributed by atoms with E-state index in [1.54, 1.807) is 0 Å². The molecule has 1 atom stereocenters. The Labute approximate surface area is 244 Å². The normalized spacial score (nSPS) is 13.6. The fourth-order valence-electron chi connectivity index (χ4n) is 4.16. The first kappa shape index (κ1) is 35.8.